The molecule has 1 fully saturated rings. The molecule has 3 aromatic rings. The molecule has 0 radical (unpaired) electrons. The lowest BCUT2D eigenvalue weighted by Crippen LogP contribution is -2.51. The number of carbonyl (C=O) groups excluding carboxylic acids is 1. The van der Waals surface area contributed by atoms with Crippen molar-refractivity contribution in [2.24, 2.45) is 0 Å². The molecule has 1 aliphatic heterocycles. The Labute approximate surface area is 213 Å². The van der Waals surface area contributed by atoms with Crippen molar-refractivity contribution < 1.29 is 14.3 Å². The number of ether oxygens (including phenoxy) is 2. The largest absolute Gasteiger partial charge is 0.497 e. The molecule has 1 saturated heterocycles. The zero-order valence-corrected chi connectivity index (χ0v) is 21.0. The summed E-state index contributed by atoms with van der Waals surface area (Å²) in [5.74, 6) is 1.19. The van der Waals surface area contributed by atoms with Gasteiger partial charge in [-0.15, -0.1) is 0 Å². The van der Waals surface area contributed by atoms with E-state index in [9.17, 15) is 4.79 Å². The molecule has 0 spiro atoms. The summed E-state index contributed by atoms with van der Waals surface area (Å²) < 4.78 is 10.6. The minimum atomic E-state index is -0.212. The fraction of sp³-hybridized carbons (Fsp3) is 0.240. The predicted molar refractivity (Wildman–Crippen MR) is 138 cm³/mol. The van der Waals surface area contributed by atoms with Crippen LogP contribution in [0.4, 0.5) is 16.2 Å². The molecule has 1 atom stereocenters. The first-order valence-corrected chi connectivity index (χ1v) is 11.8. The number of rotatable bonds is 5. The Kier molecular flexibility index (Phi) is 7.61. The molecule has 1 aliphatic rings. The number of anilines is 2. The Morgan fingerprint density at radius 1 is 0.882 bits per heavy atom. The van der Waals surface area contributed by atoms with Gasteiger partial charge in [0.05, 0.1) is 31.0 Å². The first-order chi connectivity index (χ1) is 16.4. The van der Waals surface area contributed by atoms with Crippen LogP contribution in [-0.4, -0.2) is 44.8 Å². The molecule has 1 heterocycles. The van der Waals surface area contributed by atoms with E-state index < -0.39 is 0 Å². The molecule has 34 heavy (non-hydrogen) atoms. The summed E-state index contributed by atoms with van der Waals surface area (Å²) in [5.41, 5.74) is 2.48. The third-order valence-corrected chi connectivity index (χ3v) is 6.53. The Balaban J connectivity index is 1.59. The highest BCUT2D eigenvalue weighted by Crippen LogP contribution is 2.37. The molecule has 9 heteroatoms. The molecule has 0 saturated carbocycles. The number of nitrogens with one attached hydrogen (secondary N) is 1. The van der Waals surface area contributed by atoms with Crippen LogP contribution >= 0.6 is 34.8 Å². The van der Waals surface area contributed by atoms with E-state index >= 15 is 0 Å². The second-order valence-electron chi connectivity index (χ2n) is 7.83. The van der Waals surface area contributed by atoms with Gasteiger partial charge in [-0.1, -0.05) is 46.9 Å². The molecular formula is C25H24Cl3N3O3. The highest BCUT2D eigenvalue weighted by Gasteiger charge is 2.32. The number of piperazine rings is 1. The standard InChI is InChI=1S/C25H24Cl3N3O3/c1-33-20-12-19(13-21(14-20)34-2)29-25(32)30-9-10-31(23-8-7-18(27)11-22(23)28)24(15-30)16-3-5-17(26)6-4-16/h3-8,11-14,24H,9-10,15H2,1-2H3,(H,29,32). The van der Waals surface area contributed by atoms with Crippen molar-refractivity contribution in [3.63, 3.8) is 0 Å². The van der Waals surface area contributed by atoms with E-state index in [1.165, 1.54) is 0 Å². The van der Waals surface area contributed by atoms with E-state index in [0.717, 1.165) is 11.3 Å². The van der Waals surface area contributed by atoms with Crippen LogP contribution in [0.25, 0.3) is 0 Å². The van der Waals surface area contributed by atoms with Crippen molar-refractivity contribution in [3.8, 4) is 11.5 Å². The van der Waals surface area contributed by atoms with Gasteiger partial charge in [0.1, 0.15) is 11.5 Å². The van der Waals surface area contributed by atoms with Crippen molar-refractivity contribution in [1.29, 1.82) is 0 Å². The summed E-state index contributed by atoms with van der Waals surface area (Å²) in [7, 11) is 3.14. The molecule has 1 N–H and O–H groups in total. The monoisotopic (exact) mass is 519 g/mol. The van der Waals surface area contributed by atoms with Gasteiger partial charge in [-0.25, -0.2) is 4.79 Å². The van der Waals surface area contributed by atoms with Gasteiger partial charge >= 0.3 is 6.03 Å². The first kappa shape index (κ1) is 24.3. The van der Waals surface area contributed by atoms with Gasteiger partial charge in [0.2, 0.25) is 0 Å². The van der Waals surface area contributed by atoms with Gasteiger partial charge in [0.15, 0.2) is 0 Å². The SMILES string of the molecule is COc1cc(NC(=O)N2CCN(c3ccc(Cl)cc3Cl)C(c3ccc(Cl)cc3)C2)cc(OC)c1. The molecule has 6 nitrogen and oxygen atoms in total. The first-order valence-electron chi connectivity index (χ1n) is 10.6. The second-order valence-corrected chi connectivity index (χ2v) is 9.11. The van der Waals surface area contributed by atoms with Crippen molar-refractivity contribution in [2.45, 2.75) is 6.04 Å². The molecule has 2 amide bonds. The van der Waals surface area contributed by atoms with E-state index in [2.05, 4.69) is 10.2 Å². The third-order valence-electron chi connectivity index (χ3n) is 5.74. The van der Waals surface area contributed by atoms with E-state index in [1.54, 1.807) is 43.4 Å². The number of methoxy groups -OCH3 is 2. The Morgan fingerprint density at radius 2 is 1.53 bits per heavy atom. The van der Waals surface area contributed by atoms with Gasteiger partial charge in [-0.05, 0) is 35.9 Å². The minimum Gasteiger partial charge on any atom is -0.497 e. The Morgan fingerprint density at radius 3 is 2.15 bits per heavy atom. The van der Waals surface area contributed by atoms with Crippen LogP contribution < -0.4 is 19.7 Å². The van der Waals surface area contributed by atoms with Crippen LogP contribution in [0.2, 0.25) is 15.1 Å². The summed E-state index contributed by atoms with van der Waals surface area (Å²) in [6.45, 7) is 1.55. The van der Waals surface area contributed by atoms with Gasteiger partial charge in [0, 0.05) is 53.6 Å². The zero-order chi connectivity index (χ0) is 24.2. The number of benzene rings is 3. The summed E-state index contributed by atoms with van der Waals surface area (Å²) in [6, 6.07) is 18.0. The average Bonchev–Trinajstić information content (AvgIpc) is 2.84. The lowest BCUT2D eigenvalue weighted by atomic mass is 10.0. The summed E-state index contributed by atoms with van der Waals surface area (Å²) in [5, 5.41) is 4.75. The predicted octanol–water partition coefficient (Wildman–Crippen LogP) is 6.76. The number of urea groups is 1. The minimum absolute atomic E-state index is 0.129. The summed E-state index contributed by atoms with van der Waals surface area (Å²) in [4.78, 5) is 17.2. The van der Waals surface area contributed by atoms with Gasteiger partial charge in [-0.3, -0.25) is 0 Å². The number of hydrogen-bond acceptors (Lipinski definition) is 4. The van der Waals surface area contributed by atoms with Crippen molar-refractivity contribution in [3.05, 3.63) is 81.3 Å². The molecule has 4 rings (SSSR count). The maximum Gasteiger partial charge on any atom is 0.321 e. The highest BCUT2D eigenvalue weighted by molar-refractivity contribution is 6.36. The fourth-order valence-electron chi connectivity index (χ4n) is 4.02. The molecule has 0 aromatic heterocycles. The van der Waals surface area contributed by atoms with Crippen LogP contribution in [0.3, 0.4) is 0 Å². The molecular weight excluding hydrogens is 497 g/mol. The van der Waals surface area contributed by atoms with E-state index in [-0.39, 0.29) is 12.1 Å². The maximum atomic E-state index is 13.2. The van der Waals surface area contributed by atoms with Crippen molar-refractivity contribution in [1.82, 2.24) is 4.90 Å². The number of hydrogen-bond donors (Lipinski definition) is 1. The number of amides is 2. The quantitative estimate of drug-likeness (QED) is 0.404. The number of carbonyl (C=O) groups is 1. The van der Waals surface area contributed by atoms with Crippen LogP contribution in [0.15, 0.2) is 60.7 Å². The second kappa shape index (κ2) is 10.6. The number of nitrogens with zero attached hydrogens (tertiary/aromatic N) is 2. The summed E-state index contributed by atoms with van der Waals surface area (Å²) in [6.07, 6.45) is 0. The molecule has 178 valence electrons. The van der Waals surface area contributed by atoms with E-state index in [4.69, 9.17) is 44.3 Å². The number of halogens is 3. The molecule has 1 unspecified atom stereocenters. The highest BCUT2D eigenvalue weighted by atomic mass is 35.5. The maximum absolute atomic E-state index is 13.2. The lowest BCUT2D eigenvalue weighted by molar-refractivity contribution is 0.198. The van der Waals surface area contributed by atoms with Crippen molar-refractivity contribution in [2.75, 3.05) is 44.1 Å². The topological polar surface area (TPSA) is 54.0 Å². The molecule has 3 aromatic carbocycles. The van der Waals surface area contributed by atoms with Crippen LogP contribution in [0.1, 0.15) is 11.6 Å². The van der Waals surface area contributed by atoms with Crippen molar-refractivity contribution >= 4 is 52.2 Å². The lowest BCUT2D eigenvalue weighted by Gasteiger charge is -2.43. The van der Waals surface area contributed by atoms with Crippen LogP contribution in [0, 0.1) is 0 Å². The van der Waals surface area contributed by atoms with Gasteiger partial charge in [-0.2, -0.15) is 0 Å². The summed E-state index contributed by atoms with van der Waals surface area (Å²) >= 11 is 18.8. The van der Waals surface area contributed by atoms with Crippen LogP contribution in [0.5, 0.6) is 11.5 Å². The normalized spacial score (nSPS) is 15.7. The Bertz CT molecular complexity index is 1150. The van der Waals surface area contributed by atoms with Crippen LogP contribution in [-0.2, 0) is 0 Å². The van der Waals surface area contributed by atoms with E-state index in [0.29, 0.717) is 51.9 Å². The van der Waals surface area contributed by atoms with E-state index in [1.807, 2.05) is 36.4 Å². The Hall–Kier alpha value is -2.80. The van der Waals surface area contributed by atoms with Gasteiger partial charge < -0.3 is 24.6 Å². The third kappa shape index (κ3) is 5.46. The molecule has 0 bridgehead atoms. The fourth-order valence-corrected chi connectivity index (χ4v) is 4.67. The van der Waals surface area contributed by atoms with Gasteiger partial charge in [0.25, 0.3) is 0 Å². The molecule has 0 aliphatic carbocycles. The smallest absolute Gasteiger partial charge is 0.321 e. The average molecular weight is 521 g/mol. The zero-order valence-electron chi connectivity index (χ0n) is 18.7.